The molecule has 2 aliphatic heterocycles. The van der Waals surface area contributed by atoms with Crippen LogP contribution < -0.4 is 10.1 Å². The van der Waals surface area contributed by atoms with Crippen LogP contribution in [-0.2, 0) is 5.41 Å². The number of nitrogens with one attached hydrogen (secondary N) is 1. The van der Waals surface area contributed by atoms with Crippen molar-refractivity contribution in [2.75, 3.05) is 0 Å². The maximum absolute atomic E-state index is 6.71. The minimum atomic E-state index is -0.561. The summed E-state index contributed by atoms with van der Waals surface area (Å²) in [4.78, 5) is 5.59. The summed E-state index contributed by atoms with van der Waals surface area (Å²) in [5, 5.41) is 6.33. The van der Waals surface area contributed by atoms with Gasteiger partial charge < -0.3 is 10.1 Å². The summed E-state index contributed by atoms with van der Waals surface area (Å²) in [7, 11) is 0. The van der Waals surface area contributed by atoms with E-state index in [0.717, 1.165) is 41.6 Å². The summed E-state index contributed by atoms with van der Waals surface area (Å²) in [5.74, 6) is 3.77. The summed E-state index contributed by atoms with van der Waals surface area (Å²) in [6.45, 7) is 7.04. The van der Waals surface area contributed by atoms with Crippen LogP contribution in [-0.4, -0.2) is 5.84 Å². The van der Waals surface area contributed by atoms with Crippen molar-refractivity contribution >= 4 is 22.3 Å². The van der Waals surface area contributed by atoms with E-state index in [1.165, 1.54) is 55.3 Å². The fraction of sp³-hybridized carbons (Fsp3) is 0.182. The third-order valence-electron chi connectivity index (χ3n) is 12.8. The minimum absolute atomic E-state index is 0.121. The average molecular weight is 753 g/mol. The van der Waals surface area contributed by atoms with Gasteiger partial charge in [0.05, 0.1) is 11.1 Å². The van der Waals surface area contributed by atoms with Crippen LogP contribution in [0, 0.1) is 23.7 Å². The van der Waals surface area contributed by atoms with Crippen LogP contribution in [0.1, 0.15) is 55.9 Å². The quantitative estimate of drug-likeness (QED) is 0.187. The molecule has 0 radical (unpaired) electrons. The normalized spacial score (nSPS) is 23.3. The molecular weight excluding hydrogens is 705 g/mol. The third-order valence-corrected chi connectivity index (χ3v) is 12.8. The molecular formula is C55H48N2O. The van der Waals surface area contributed by atoms with Crippen molar-refractivity contribution in [3.63, 3.8) is 0 Å². The molecule has 4 atom stereocenters. The molecule has 0 saturated carbocycles. The van der Waals surface area contributed by atoms with Gasteiger partial charge in [-0.2, -0.15) is 0 Å². The molecule has 58 heavy (non-hydrogen) atoms. The molecule has 0 aromatic heterocycles. The highest BCUT2D eigenvalue weighted by Crippen LogP contribution is 2.59. The second kappa shape index (κ2) is 14.8. The van der Waals surface area contributed by atoms with E-state index in [-0.39, 0.29) is 17.8 Å². The highest BCUT2D eigenvalue weighted by molar-refractivity contribution is 6.01. The van der Waals surface area contributed by atoms with Crippen molar-refractivity contribution in [2.24, 2.45) is 28.7 Å². The number of nitrogens with zero attached hydrogens (tertiary/aromatic N) is 1. The largest absolute Gasteiger partial charge is 0.457 e. The van der Waals surface area contributed by atoms with Gasteiger partial charge in [-0.1, -0.05) is 172 Å². The highest BCUT2D eigenvalue weighted by Gasteiger charge is 2.49. The van der Waals surface area contributed by atoms with E-state index in [0.29, 0.717) is 5.92 Å². The molecule has 2 heterocycles. The fourth-order valence-electron chi connectivity index (χ4n) is 9.97. The topological polar surface area (TPSA) is 33.6 Å². The van der Waals surface area contributed by atoms with Gasteiger partial charge in [0, 0.05) is 28.3 Å². The summed E-state index contributed by atoms with van der Waals surface area (Å²) in [6.07, 6.45) is 25.0. The number of aliphatic imine (C=N–C) groups is 1. The van der Waals surface area contributed by atoms with E-state index >= 15 is 0 Å². The molecule has 0 spiro atoms. The van der Waals surface area contributed by atoms with Crippen LogP contribution in [0.15, 0.2) is 215 Å². The van der Waals surface area contributed by atoms with Crippen molar-refractivity contribution in [1.82, 2.24) is 5.32 Å². The van der Waals surface area contributed by atoms with Crippen molar-refractivity contribution in [3.8, 4) is 11.5 Å². The molecule has 3 aliphatic carbocycles. The summed E-state index contributed by atoms with van der Waals surface area (Å²) in [6, 6.07) is 43.6. The van der Waals surface area contributed by atoms with Crippen molar-refractivity contribution in [3.05, 3.63) is 232 Å². The van der Waals surface area contributed by atoms with E-state index in [4.69, 9.17) is 9.73 Å². The van der Waals surface area contributed by atoms with E-state index < -0.39 is 5.41 Å². The van der Waals surface area contributed by atoms with Gasteiger partial charge in [-0.3, -0.25) is 0 Å². The molecule has 0 fully saturated rings. The Hall–Kier alpha value is -6.45. The molecule has 5 aromatic carbocycles. The number of hydrogen-bond acceptors (Lipinski definition) is 3. The van der Waals surface area contributed by atoms with Gasteiger partial charge in [0.25, 0.3) is 0 Å². The van der Waals surface area contributed by atoms with Crippen LogP contribution in [0.3, 0.4) is 0 Å². The molecule has 3 nitrogen and oxygen atoms in total. The average Bonchev–Trinajstić information content (AvgIpc) is 3.49. The monoisotopic (exact) mass is 752 g/mol. The first-order valence-corrected chi connectivity index (χ1v) is 20.9. The van der Waals surface area contributed by atoms with E-state index in [9.17, 15) is 0 Å². The van der Waals surface area contributed by atoms with Gasteiger partial charge in [-0.05, 0) is 99.6 Å². The standard InChI is InChI=1S/C55H48N2O/c1-36-17-7-9-23-42(36)54-56-49(45-26-16-20-39-19-8-10-24-43(39)45)33-34-50(57-54)46-35-40(32-31-37(46)2)44-25-15-18-38(3)53(44)55(41-21-5-4-6-22-41)47-27-11-13-29-51(47)58-52-30-14-12-28-48(52)55/h4-17,19-30,32-38,42H,18,31H2,1-3H3,(H,56,57). The number of amidine groups is 1. The fourth-order valence-corrected chi connectivity index (χ4v) is 9.97. The molecule has 284 valence electrons. The number of hydrogen-bond donors (Lipinski definition) is 1. The lowest BCUT2D eigenvalue weighted by atomic mass is 9.58. The Morgan fingerprint density at radius 3 is 2.19 bits per heavy atom. The van der Waals surface area contributed by atoms with Crippen molar-refractivity contribution < 1.29 is 4.74 Å². The number of ether oxygens (including phenoxy) is 1. The maximum atomic E-state index is 6.71. The number of rotatable bonds is 6. The van der Waals surface area contributed by atoms with Gasteiger partial charge in [0.15, 0.2) is 0 Å². The summed E-state index contributed by atoms with van der Waals surface area (Å²) >= 11 is 0. The second-order valence-electron chi connectivity index (χ2n) is 16.4. The number of allylic oxidation sites excluding steroid dienone is 13. The van der Waals surface area contributed by atoms with Crippen molar-refractivity contribution in [2.45, 2.75) is 39.0 Å². The third kappa shape index (κ3) is 6.00. The lowest BCUT2D eigenvalue weighted by Gasteiger charge is -2.46. The molecule has 0 saturated heterocycles. The Bertz CT molecular complexity index is 2680. The zero-order valence-corrected chi connectivity index (χ0v) is 33.4. The minimum Gasteiger partial charge on any atom is -0.457 e. The zero-order chi connectivity index (χ0) is 39.2. The SMILES string of the molecule is CC1CC=C(C2=C(C3(c4ccccc4)c4ccccc4Oc4ccccc43)C(C)CC=C2)C=C1C1=CC=C(c2cccc3ccccc23)NC(C2C=CC=CC2C)=N1. The molecule has 5 aliphatic rings. The first kappa shape index (κ1) is 35.9. The van der Waals surface area contributed by atoms with E-state index in [1.54, 1.807) is 0 Å². The number of para-hydroxylation sites is 2. The maximum Gasteiger partial charge on any atom is 0.132 e. The van der Waals surface area contributed by atoms with Crippen LogP contribution in [0.25, 0.3) is 16.5 Å². The molecule has 10 rings (SSSR count). The van der Waals surface area contributed by atoms with Gasteiger partial charge in [0.1, 0.15) is 17.3 Å². The van der Waals surface area contributed by atoms with Gasteiger partial charge >= 0.3 is 0 Å². The first-order valence-electron chi connectivity index (χ1n) is 20.9. The smallest absolute Gasteiger partial charge is 0.132 e. The van der Waals surface area contributed by atoms with Crippen LogP contribution in [0.2, 0.25) is 0 Å². The molecule has 0 amide bonds. The Labute approximate surface area is 342 Å². The van der Waals surface area contributed by atoms with Crippen LogP contribution in [0.4, 0.5) is 0 Å². The lowest BCUT2D eigenvalue weighted by molar-refractivity contribution is 0.420. The van der Waals surface area contributed by atoms with Crippen LogP contribution in [0.5, 0.6) is 11.5 Å². The Morgan fingerprint density at radius 1 is 0.690 bits per heavy atom. The van der Waals surface area contributed by atoms with E-state index in [1.807, 2.05) is 0 Å². The lowest BCUT2D eigenvalue weighted by Crippen LogP contribution is -2.38. The summed E-state index contributed by atoms with van der Waals surface area (Å²) in [5.41, 5.74) is 11.5. The van der Waals surface area contributed by atoms with Crippen molar-refractivity contribution in [1.29, 1.82) is 0 Å². The highest BCUT2D eigenvalue weighted by atomic mass is 16.5. The zero-order valence-electron chi connectivity index (χ0n) is 33.4. The molecule has 1 N–H and O–H groups in total. The molecule has 0 bridgehead atoms. The van der Waals surface area contributed by atoms with Gasteiger partial charge in [-0.15, -0.1) is 0 Å². The predicted molar refractivity (Wildman–Crippen MR) is 241 cm³/mol. The first-order chi connectivity index (χ1) is 28.5. The van der Waals surface area contributed by atoms with E-state index in [2.05, 4.69) is 208 Å². The van der Waals surface area contributed by atoms with Gasteiger partial charge in [-0.25, -0.2) is 4.99 Å². The molecule has 5 aromatic rings. The summed E-state index contributed by atoms with van der Waals surface area (Å²) < 4.78 is 6.71. The molecule has 4 unspecified atom stereocenters. The Balaban J connectivity index is 1.18. The van der Waals surface area contributed by atoms with Crippen LogP contribution >= 0.6 is 0 Å². The Morgan fingerprint density at radius 2 is 1.40 bits per heavy atom. The molecule has 3 heteroatoms. The predicted octanol–water partition coefficient (Wildman–Crippen LogP) is 13.4. The number of benzene rings is 5. The Kier molecular flexibility index (Phi) is 9.17. The second-order valence-corrected chi connectivity index (χ2v) is 16.4. The van der Waals surface area contributed by atoms with Gasteiger partial charge in [0.2, 0.25) is 0 Å². The number of fused-ring (bicyclic) bond motifs is 3.